The lowest BCUT2D eigenvalue weighted by atomic mass is 10.1. The third-order valence-electron chi connectivity index (χ3n) is 4.76. The lowest BCUT2D eigenvalue weighted by Gasteiger charge is -2.22. The number of nitrogens with one attached hydrogen (secondary N) is 1. The number of aliphatic imine (C=N–C) groups is 1. The van der Waals surface area contributed by atoms with E-state index in [0.717, 1.165) is 36.0 Å². The van der Waals surface area contributed by atoms with E-state index in [0.29, 0.717) is 12.5 Å². The van der Waals surface area contributed by atoms with Gasteiger partial charge in [-0.1, -0.05) is 32.0 Å². The number of benzene rings is 1. The second kappa shape index (κ2) is 9.41. The minimum absolute atomic E-state index is 0.390. The molecular formula is C22H31N7. The van der Waals surface area contributed by atoms with E-state index >= 15 is 0 Å². The SMILES string of the molecule is CCNC(=NCc1ccccc1-n1ccnc1)N(C)Cc1cn(C)nc1C(C)C. The summed E-state index contributed by atoms with van der Waals surface area (Å²) in [6.07, 6.45) is 7.66. The largest absolute Gasteiger partial charge is 0.357 e. The summed E-state index contributed by atoms with van der Waals surface area (Å²) < 4.78 is 3.91. The van der Waals surface area contributed by atoms with Crippen LogP contribution in [0.2, 0.25) is 0 Å². The maximum Gasteiger partial charge on any atom is 0.194 e. The third-order valence-corrected chi connectivity index (χ3v) is 4.76. The Bertz CT molecular complexity index is 938. The molecule has 2 aromatic heterocycles. The fourth-order valence-electron chi connectivity index (χ4n) is 3.42. The third kappa shape index (κ3) is 5.04. The van der Waals surface area contributed by atoms with E-state index in [2.05, 4.69) is 66.4 Å². The second-order valence-electron chi connectivity index (χ2n) is 7.49. The highest BCUT2D eigenvalue weighted by molar-refractivity contribution is 5.79. The molecule has 0 bridgehead atoms. The summed E-state index contributed by atoms with van der Waals surface area (Å²) in [5.74, 6) is 1.27. The Morgan fingerprint density at radius 1 is 1.24 bits per heavy atom. The molecule has 7 nitrogen and oxygen atoms in total. The number of aromatic nitrogens is 4. The summed E-state index contributed by atoms with van der Waals surface area (Å²) in [7, 11) is 4.04. The van der Waals surface area contributed by atoms with E-state index < -0.39 is 0 Å². The molecule has 0 spiro atoms. The number of hydrogen-bond acceptors (Lipinski definition) is 3. The first-order valence-electron chi connectivity index (χ1n) is 10.1. The van der Waals surface area contributed by atoms with Crippen LogP contribution in [0.1, 0.15) is 43.5 Å². The molecule has 7 heteroatoms. The molecule has 0 fully saturated rings. The molecule has 0 atom stereocenters. The van der Waals surface area contributed by atoms with E-state index in [1.54, 1.807) is 6.20 Å². The predicted octanol–water partition coefficient (Wildman–Crippen LogP) is 3.33. The van der Waals surface area contributed by atoms with E-state index in [1.165, 1.54) is 5.56 Å². The van der Waals surface area contributed by atoms with Crippen molar-refractivity contribution in [2.45, 2.75) is 39.8 Å². The normalized spacial score (nSPS) is 11.9. The van der Waals surface area contributed by atoms with Crippen molar-refractivity contribution in [1.82, 2.24) is 29.5 Å². The van der Waals surface area contributed by atoms with Crippen LogP contribution in [-0.4, -0.2) is 43.8 Å². The molecule has 0 saturated carbocycles. The maximum absolute atomic E-state index is 4.90. The Morgan fingerprint density at radius 2 is 2.03 bits per heavy atom. The molecule has 0 aliphatic rings. The first-order valence-corrected chi connectivity index (χ1v) is 10.1. The number of nitrogens with zero attached hydrogens (tertiary/aromatic N) is 6. The smallest absolute Gasteiger partial charge is 0.194 e. The number of aryl methyl sites for hydroxylation is 1. The van der Waals surface area contributed by atoms with Gasteiger partial charge in [0, 0.05) is 51.3 Å². The van der Waals surface area contributed by atoms with Crippen molar-refractivity contribution < 1.29 is 0 Å². The number of imidazole rings is 1. The highest BCUT2D eigenvalue weighted by Crippen LogP contribution is 2.19. The molecule has 1 N–H and O–H groups in total. The first-order chi connectivity index (χ1) is 14.0. The van der Waals surface area contributed by atoms with Crippen LogP contribution < -0.4 is 5.32 Å². The van der Waals surface area contributed by atoms with Crippen LogP contribution in [0.25, 0.3) is 5.69 Å². The van der Waals surface area contributed by atoms with E-state index in [-0.39, 0.29) is 0 Å². The van der Waals surface area contributed by atoms with Gasteiger partial charge in [-0.2, -0.15) is 5.10 Å². The summed E-state index contributed by atoms with van der Waals surface area (Å²) >= 11 is 0. The maximum atomic E-state index is 4.90. The minimum Gasteiger partial charge on any atom is -0.357 e. The molecule has 29 heavy (non-hydrogen) atoms. The van der Waals surface area contributed by atoms with Gasteiger partial charge >= 0.3 is 0 Å². The molecule has 0 aliphatic heterocycles. The topological polar surface area (TPSA) is 63.3 Å². The molecule has 0 saturated heterocycles. The number of guanidine groups is 1. The Balaban J connectivity index is 1.81. The Labute approximate surface area is 173 Å². The van der Waals surface area contributed by atoms with Crippen molar-refractivity contribution >= 4 is 5.96 Å². The average Bonchev–Trinajstić information content (AvgIpc) is 3.35. The van der Waals surface area contributed by atoms with Crippen molar-refractivity contribution in [2.24, 2.45) is 12.0 Å². The van der Waals surface area contributed by atoms with Gasteiger partial charge in [0.25, 0.3) is 0 Å². The summed E-state index contributed by atoms with van der Waals surface area (Å²) in [5, 5.41) is 8.04. The van der Waals surface area contributed by atoms with Gasteiger partial charge in [0.2, 0.25) is 0 Å². The summed E-state index contributed by atoms with van der Waals surface area (Å²) in [5.41, 5.74) is 4.62. The quantitative estimate of drug-likeness (QED) is 0.494. The summed E-state index contributed by atoms with van der Waals surface area (Å²) in [6.45, 7) is 8.61. The highest BCUT2D eigenvalue weighted by atomic mass is 15.3. The molecule has 1 aromatic carbocycles. The molecule has 3 aromatic rings. The molecule has 0 aliphatic carbocycles. The van der Waals surface area contributed by atoms with Crippen molar-refractivity contribution in [3.63, 3.8) is 0 Å². The molecular weight excluding hydrogens is 362 g/mol. The van der Waals surface area contributed by atoms with Crippen molar-refractivity contribution in [2.75, 3.05) is 13.6 Å². The van der Waals surface area contributed by atoms with Gasteiger partial charge in [-0.05, 0) is 24.5 Å². The molecule has 0 radical (unpaired) electrons. The summed E-state index contributed by atoms with van der Waals surface area (Å²) in [6, 6.07) is 8.29. The molecule has 3 rings (SSSR count). The lowest BCUT2D eigenvalue weighted by molar-refractivity contribution is 0.473. The lowest BCUT2D eigenvalue weighted by Crippen LogP contribution is -2.38. The highest BCUT2D eigenvalue weighted by Gasteiger charge is 2.15. The van der Waals surface area contributed by atoms with E-state index in [9.17, 15) is 0 Å². The van der Waals surface area contributed by atoms with Gasteiger partial charge in [0.15, 0.2) is 5.96 Å². The fraction of sp³-hybridized carbons (Fsp3) is 0.409. The van der Waals surface area contributed by atoms with Crippen LogP contribution >= 0.6 is 0 Å². The Kier molecular flexibility index (Phi) is 6.69. The van der Waals surface area contributed by atoms with Gasteiger partial charge < -0.3 is 14.8 Å². The van der Waals surface area contributed by atoms with Gasteiger partial charge in [-0.25, -0.2) is 9.98 Å². The van der Waals surface area contributed by atoms with Crippen molar-refractivity contribution in [3.8, 4) is 5.69 Å². The van der Waals surface area contributed by atoms with Gasteiger partial charge in [0.1, 0.15) is 0 Å². The second-order valence-corrected chi connectivity index (χ2v) is 7.49. The van der Waals surface area contributed by atoms with E-state index in [4.69, 9.17) is 4.99 Å². The molecule has 0 unspecified atom stereocenters. The Hall–Kier alpha value is -3.09. The standard InChI is InChI=1S/C22H31N7/c1-6-24-22(27(4)14-19-15-28(5)26-21(19)17(2)3)25-13-18-9-7-8-10-20(18)29-12-11-23-16-29/h7-12,15-17H,6,13-14H2,1-5H3,(H,24,25). The van der Waals surface area contributed by atoms with Crippen LogP contribution in [0.5, 0.6) is 0 Å². The van der Waals surface area contributed by atoms with Crippen LogP contribution in [0.4, 0.5) is 0 Å². The zero-order valence-corrected chi connectivity index (χ0v) is 18.0. The van der Waals surface area contributed by atoms with Gasteiger partial charge in [-0.3, -0.25) is 4.68 Å². The van der Waals surface area contributed by atoms with Crippen molar-refractivity contribution in [3.05, 3.63) is 66.0 Å². The zero-order chi connectivity index (χ0) is 20.8. The number of hydrogen-bond donors (Lipinski definition) is 1. The first kappa shape index (κ1) is 20.6. The fourth-order valence-corrected chi connectivity index (χ4v) is 3.42. The minimum atomic E-state index is 0.390. The molecule has 154 valence electrons. The Morgan fingerprint density at radius 3 is 2.72 bits per heavy atom. The zero-order valence-electron chi connectivity index (χ0n) is 18.0. The average molecular weight is 394 g/mol. The van der Waals surface area contributed by atoms with Crippen LogP contribution in [0, 0.1) is 0 Å². The van der Waals surface area contributed by atoms with Crippen LogP contribution in [0.15, 0.2) is 54.2 Å². The number of para-hydroxylation sites is 1. The molecule has 0 amide bonds. The van der Waals surface area contributed by atoms with Crippen LogP contribution in [0.3, 0.4) is 0 Å². The monoisotopic (exact) mass is 393 g/mol. The summed E-state index contributed by atoms with van der Waals surface area (Å²) in [4.78, 5) is 11.2. The predicted molar refractivity (Wildman–Crippen MR) is 117 cm³/mol. The van der Waals surface area contributed by atoms with Gasteiger partial charge in [-0.15, -0.1) is 0 Å². The van der Waals surface area contributed by atoms with E-state index in [1.807, 2.05) is 41.0 Å². The number of rotatable bonds is 7. The van der Waals surface area contributed by atoms with Gasteiger partial charge in [0.05, 0.1) is 24.3 Å². The van der Waals surface area contributed by atoms with Crippen molar-refractivity contribution in [1.29, 1.82) is 0 Å². The van der Waals surface area contributed by atoms with Crippen LogP contribution in [-0.2, 0) is 20.1 Å². The molecule has 2 heterocycles.